The Morgan fingerprint density at radius 3 is 3.00 bits per heavy atom. The van der Waals surface area contributed by atoms with Crippen LogP contribution in [0.2, 0.25) is 0 Å². The number of pyridine rings is 1. The van der Waals surface area contributed by atoms with Gasteiger partial charge in [-0.3, -0.25) is 4.98 Å². The van der Waals surface area contributed by atoms with E-state index < -0.39 is 0 Å². The molecule has 0 aliphatic heterocycles. The zero-order valence-corrected chi connectivity index (χ0v) is 7.63. The average molecular weight is 213 g/mol. The van der Waals surface area contributed by atoms with Crippen molar-refractivity contribution in [3.8, 4) is 0 Å². The summed E-state index contributed by atoms with van der Waals surface area (Å²) in [5, 5.41) is 0. The van der Waals surface area contributed by atoms with E-state index in [4.69, 9.17) is 5.73 Å². The minimum atomic E-state index is 0.475. The molecule has 0 aromatic carbocycles. The van der Waals surface area contributed by atoms with Gasteiger partial charge in [-0.25, -0.2) is 0 Å². The fraction of sp³-hybridized carbons (Fsp3) is 0.125. The number of hydrogen-bond donors (Lipinski definition) is 1. The van der Waals surface area contributed by atoms with Crippen LogP contribution in [0.1, 0.15) is 5.56 Å². The van der Waals surface area contributed by atoms with E-state index in [0.717, 1.165) is 15.6 Å². The second-order valence-corrected chi connectivity index (χ2v) is 3.02. The van der Waals surface area contributed by atoms with Crippen LogP contribution in [0.3, 0.4) is 0 Å². The molecule has 0 aliphatic rings. The summed E-state index contributed by atoms with van der Waals surface area (Å²) in [4.78, 5) is 3.93. The molecule has 1 aromatic rings. The molecule has 1 rings (SSSR count). The normalized spacial score (nSPS) is 9.64. The van der Waals surface area contributed by atoms with Crippen molar-refractivity contribution in [3.05, 3.63) is 35.1 Å². The van der Waals surface area contributed by atoms with Crippen LogP contribution in [0.4, 0.5) is 0 Å². The Morgan fingerprint density at radius 1 is 1.73 bits per heavy atom. The van der Waals surface area contributed by atoms with E-state index in [1.807, 2.05) is 6.07 Å². The van der Waals surface area contributed by atoms with Gasteiger partial charge in [-0.2, -0.15) is 0 Å². The molecule has 0 radical (unpaired) electrons. The van der Waals surface area contributed by atoms with E-state index in [2.05, 4.69) is 27.5 Å². The predicted molar refractivity (Wildman–Crippen MR) is 50.0 cm³/mol. The van der Waals surface area contributed by atoms with Gasteiger partial charge in [0.05, 0.1) is 0 Å². The van der Waals surface area contributed by atoms with Gasteiger partial charge in [0.1, 0.15) is 0 Å². The Morgan fingerprint density at radius 2 is 2.45 bits per heavy atom. The Hall–Kier alpha value is -0.670. The zero-order chi connectivity index (χ0) is 8.27. The average Bonchev–Trinajstić information content (AvgIpc) is 2.04. The topological polar surface area (TPSA) is 38.9 Å². The molecule has 0 spiro atoms. The highest BCUT2D eigenvalue weighted by Crippen LogP contribution is 2.20. The first-order valence-electron chi connectivity index (χ1n) is 3.23. The van der Waals surface area contributed by atoms with Crippen molar-refractivity contribution in [2.75, 3.05) is 6.54 Å². The standard InChI is InChI=1S/C8H9BrN2/c1-6(4-10)7-2-3-11-5-8(7)9/h2-3,5H,1,4,10H2. The summed E-state index contributed by atoms with van der Waals surface area (Å²) in [6.07, 6.45) is 3.46. The van der Waals surface area contributed by atoms with E-state index >= 15 is 0 Å². The molecule has 58 valence electrons. The molecular formula is C8H9BrN2. The molecule has 0 saturated heterocycles. The van der Waals surface area contributed by atoms with Gasteiger partial charge >= 0.3 is 0 Å². The quantitative estimate of drug-likeness (QED) is 0.813. The third kappa shape index (κ3) is 1.88. The maximum atomic E-state index is 5.43. The van der Waals surface area contributed by atoms with Gasteiger partial charge in [0.2, 0.25) is 0 Å². The van der Waals surface area contributed by atoms with Crippen LogP contribution in [-0.2, 0) is 0 Å². The van der Waals surface area contributed by atoms with Gasteiger partial charge in [0, 0.05) is 23.4 Å². The molecule has 0 atom stereocenters. The molecular weight excluding hydrogens is 204 g/mol. The minimum Gasteiger partial charge on any atom is -0.326 e. The van der Waals surface area contributed by atoms with Gasteiger partial charge < -0.3 is 5.73 Å². The summed E-state index contributed by atoms with van der Waals surface area (Å²) in [7, 11) is 0. The van der Waals surface area contributed by atoms with Gasteiger partial charge in [-0.1, -0.05) is 6.58 Å². The maximum Gasteiger partial charge on any atom is 0.0434 e. The summed E-state index contributed by atoms with van der Waals surface area (Å²) in [6, 6.07) is 1.89. The van der Waals surface area contributed by atoms with Crippen molar-refractivity contribution in [2.24, 2.45) is 5.73 Å². The van der Waals surface area contributed by atoms with Gasteiger partial charge in [-0.05, 0) is 33.1 Å². The molecule has 11 heavy (non-hydrogen) atoms. The van der Waals surface area contributed by atoms with Crippen molar-refractivity contribution in [1.82, 2.24) is 4.98 Å². The molecule has 1 aromatic heterocycles. The number of nitrogens with zero attached hydrogens (tertiary/aromatic N) is 1. The third-order valence-corrected chi connectivity index (χ3v) is 2.03. The Bertz CT molecular complexity index is 271. The Balaban J connectivity index is 3.03. The fourth-order valence-electron chi connectivity index (χ4n) is 0.772. The van der Waals surface area contributed by atoms with E-state index in [-0.39, 0.29) is 0 Å². The lowest BCUT2D eigenvalue weighted by Crippen LogP contribution is -2.01. The lowest BCUT2D eigenvalue weighted by molar-refractivity contribution is 1.24. The van der Waals surface area contributed by atoms with Crippen LogP contribution in [-0.4, -0.2) is 11.5 Å². The molecule has 0 saturated carbocycles. The first-order valence-corrected chi connectivity index (χ1v) is 4.02. The predicted octanol–water partition coefficient (Wildman–Crippen LogP) is 1.82. The van der Waals surface area contributed by atoms with Crippen molar-refractivity contribution < 1.29 is 0 Å². The lowest BCUT2D eigenvalue weighted by Gasteiger charge is -2.03. The van der Waals surface area contributed by atoms with Gasteiger partial charge in [-0.15, -0.1) is 0 Å². The van der Waals surface area contributed by atoms with Crippen LogP contribution in [0.5, 0.6) is 0 Å². The third-order valence-electron chi connectivity index (χ3n) is 1.40. The second kappa shape index (κ2) is 3.64. The first kappa shape index (κ1) is 8.43. The van der Waals surface area contributed by atoms with Crippen molar-refractivity contribution in [1.29, 1.82) is 0 Å². The largest absolute Gasteiger partial charge is 0.326 e. The monoisotopic (exact) mass is 212 g/mol. The van der Waals surface area contributed by atoms with E-state index in [9.17, 15) is 0 Å². The highest BCUT2D eigenvalue weighted by atomic mass is 79.9. The Kier molecular flexibility index (Phi) is 2.79. The summed E-state index contributed by atoms with van der Waals surface area (Å²) >= 11 is 3.36. The van der Waals surface area contributed by atoms with Crippen LogP contribution in [0.15, 0.2) is 29.5 Å². The fourth-order valence-corrected chi connectivity index (χ4v) is 1.30. The number of aromatic nitrogens is 1. The van der Waals surface area contributed by atoms with Crippen LogP contribution in [0.25, 0.3) is 5.57 Å². The molecule has 0 bridgehead atoms. The SMILES string of the molecule is C=C(CN)c1ccncc1Br. The molecule has 3 heteroatoms. The van der Waals surface area contributed by atoms with Crippen molar-refractivity contribution in [2.45, 2.75) is 0 Å². The number of hydrogen-bond acceptors (Lipinski definition) is 2. The van der Waals surface area contributed by atoms with Crippen LogP contribution < -0.4 is 5.73 Å². The first-order chi connectivity index (χ1) is 5.25. The molecule has 0 unspecified atom stereocenters. The van der Waals surface area contributed by atoms with Crippen molar-refractivity contribution >= 4 is 21.5 Å². The van der Waals surface area contributed by atoms with Gasteiger partial charge in [0.25, 0.3) is 0 Å². The van der Waals surface area contributed by atoms with E-state index in [1.165, 1.54) is 0 Å². The second-order valence-electron chi connectivity index (χ2n) is 2.16. The summed E-state index contributed by atoms with van der Waals surface area (Å²) in [5.41, 5.74) is 7.38. The van der Waals surface area contributed by atoms with E-state index in [0.29, 0.717) is 6.54 Å². The van der Waals surface area contributed by atoms with Crippen LogP contribution >= 0.6 is 15.9 Å². The van der Waals surface area contributed by atoms with Gasteiger partial charge in [0.15, 0.2) is 0 Å². The lowest BCUT2D eigenvalue weighted by atomic mass is 10.1. The number of rotatable bonds is 2. The maximum absolute atomic E-state index is 5.43. The highest BCUT2D eigenvalue weighted by molar-refractivity contribution is 9.10. The molecule has 2 nitrogen and oxygen atoms in total. The molecule has 0 fully saturated rings. The highest BCUT2D eigenvalue weighted by Gasteiger charge is 2.00. The number of nitrogens with two attached hydrogens (primary N) is 1. The molecule has 0 aliphatic carbocycles. The van der Waals surface area contributed by atoms with Crippen molar-refractivity contribution in [3.63, 3.8) is 0 Å². The van der Waals surface area contributed by atoms with Crippen LogP contribution in [0, 0.1) is 0 Å². The molecule has 0 amide bonds. The minimum absolute atomic E-state index is 0.475. The summed E-state index contributed by atoms with van der Waals surface area (Å²) < 4.78 is 0.940. The summed E-state index contributed by atoms with van der Waals surface area (Å²) in [5.74, 6) is 0. The molecule has 1 heterocycles. The zero-order valence-electron chi connectivity index (χ0n) is 6.05. The summed E-state index contributed by atoms with van der Waals surface area (Å²) in [6.45, 7) is 4.30. The smallest absolute Gasteiger partial charge is 0.0434 e. The molecule has 2 N–H and O–H groups in total. The number of halogens is 1. The van der Waals surface area contributed by atoms with E-state index in [1.54, 1.807) is 12.4 Å². The Labute approximate surface area is 74.3 Å².